The molecule has 0 spiro atoms. The van der Waals surface area contributed by atoms with Crippen LogP contribution in [0.5, 0.6) is 0 Å². The van der Waals surface area contributed by atoms with Crippen LogP contribution in [0.25, 0.3) is 16.6 Å². The van der Waals surface area contributed by atoms with Crippen LogP contribution in [0.15, 0.2) is 54.6 Å². The number of fused-ring (bicyclic) bond motifs is 3. The van der Waals surface area contributed by atoms with E-state index in [1.54, 1.807) is 0 Å². The van der Waals surface area contributed by atoms with Gasteiger partial charge >= 0.3 is 0 Å². The van der Waals surface area contributed by atoms with E-state index in [2.05, 4.69) is 27.4 Å². The van der Waals surface area contributed by atoms with Crippen molar-refractivity contribution in [2.75, 3.05) is 11.9 Å². The van der Waals surface area contributed by atoms with E-state index in [1.807, 2.05) is 61.0 Å². The summed E-state index contributed by atoms with van der Waals surface area (Å²) in [5, 5.41) is 8.66. The second kappa shape index (κ2) is 6.88. The Morgan fingerprint density at radius 3 is 2.69 bits per heavy atom. The first-order chi connectivity index (χ1) is 14.1. The number of anilines is 1. The second-order valence-corrected chi connectivity index (χ2v) is 7.81. The zero-order valence-electron chi connectivity index (χ0n) is 16.6. The molecule has 2 aromatic heterocycles. The third-order valence-corrected chi connectivity index (χ3v) is 5.32. The Morgan fingerprint density at radius 2 is 1.93 bits per heavy atom. The van der Waals surface area contributed by atoms with Gasteiger partial charge in [0.1, 0.15) is 5.82 Å². The van der Waals surface area contributed by atoms with Gasteiger partial charge in [0, 0.05) is 36.7 Å². The largest absolute Gasteiger partial charge is 0.355 e. The molecule has 146 valence electrons. The molecule has 1 N–H and O–H groups in total. The van der Waals surface area contributed by atoms with Crippen molar-refractivity contribution in [2.24, 2.45) is 0 Å². The summed E-state index contributed by atoms with van der Waals surface area (Å²) in [4.78, 5) is 19.2. The first-order valence-electron chi connectivity index (χ1n) is 9.94. The topological polar surface area (TPSA) is 62.5 Å². The maximum absolute atomic E-state index is 12.2. The van der Waals surface area contributed by atoms with Crippen molar-refractivity contribution in [1.29, 1.82) is 0 Å². The molecule has 6 nitrogen and oxygen atoms in total. The molecule has 0 atom stereocenters. The normalized spacial score (nSPS) is 13.7. The SMILES string of the molecule is Cc1cc2nc(N(C)Cc3ccc(C(=O)NC4CC4)cc3)c3ccccc3n2n1. The molecule has 2 aromatic carbocycles. The smallest absolute Gasteiger partial charge is 0.251 e. The minimum Gasteiger partial charge on any atom is -0.355 e. The van der Waals surface area contributed by atoms with E-state index in [-0.39, 0.29) is 5.91 Å². The average Bonchev–Trinajstić information content (AvgIpc) is 3.45. The molecule has 4 aromatic rings. The predicted octanol–water partition coefficient (Wildman–Crippen LogP) is 3.72. The van der Waals surface area contributed by atoms with Crippen molar-refractivity contribution in [2.45, 2.75) is 32.4 Å². The monoisotopic (exact) mass is 385 g/mol. The minimum absolute atomic E-state index is 0.0154. The van der Waals surface area contributed by atoms with Gasteiger partial charge in [-0.15, -0.1) is 0 Å². The van der Waals surface area contributed by atoms with Crippen molar-refractivity contribution >= 4 is 28.3 Å². The molecule has 29 heavy (non-hydrogen) atoms. The van der Waals surface area contributed by atoms with Crippen molar-refractivity contribution in [3.05, 3.63) is 71.4 Å². The van der Waals surface area contributed by atoms with Crippen LogP contribution in [-0.2, 0) is 6.54 Å². The van der Waals surface area contributed by atoms with Crippen molar-refractivity contribution in [3.8, 4) is 0 Å². The van der Waals surface area contributed by atoms with E-state index in [1.165, 1.54) is 0 Å². The molecule has 0 aliphatic heterocycles. The Morgan fingerprint density at radius 1 is 1.17 bits per heavy atom. The van der Waals surface area contributed by atoms with Gasteiger partial charge in [0.15, 0.2) is 5.65 Å². The van der Waals surface area contributed by atoms with Crippen LogP contribution in [-0.4, -0.2) is 33.6 Å². The van der Waals surface area contributed by atoms with Gasteiger partial charge < -0.3 is 10.2 Å². The average molecular weight is 385 g/mol. The van der Waals surface area contributed by atoms with E-state index >= 15 is 0 Å². The molecule has 0 radical (unpaired) electrons. The molecule has 5 rings (SSSR count). The summed E-state index contributed by atoms with van der Waals surface area (Å²) in [5.41, 5.74) is 4.67. The highest BCUT2D eigenvalue weighted by molar-refractivity contribution is 5.94. The maximum Gasteiger partial charge on any atom is 0.251 e. The van der Waals surface area contributed by atoms with Gasteiger partial charge in [-0.1, -0.05) is 24.3 Å². The summed E-state index contributed by atoms with van der Waals surface area (Å²) in [6.07, 6.45) is 2.19. The lowest BCUT2D eigenvalue weighted by Gasteiger charge is -2.20. The van der Waals surface area contributed by atoms with Gasteiger partial charge in [0.25, 0.3) is 5.91 Å². The number of aryl methyl sites for hydroxylation is 1. The summed E-state index contributed by atoms with van der Waals surface area (Å²) in [6, 6.07) is 18.4. The van der Waals surface area contributed by atoms with Gasteiger partial charge in [-0.2, -0.15) is 5.10 Å². The fourth-order valence-corrected chi connectivity index (χ4v) is 3.66. The van der Waals surface area contributed by atoms with Crippen LogP contribution < -0.4 is 10.2 Å². The zero-order chi connectivity index (χ0) is 20.0. The van der Waals surface area contributed by atoms with Crippen LogP contribution in [0.4, 0.5) is 5.82 Å². The molecule has 0 unspecified atom stereocenters. The summed E-state index contributed by atoms with van der Waals surface area (Å²) in [7, 11) is 2.04. The van der Waals surface area contributed by atoms with E-state index in [0.717, 1.165) is 46.5 Å². The number of nitrogens with zero attached hydrogens (tertiary/aromatic N) is 4. The third kappa shape index (κ3) is 3.42. The highest BCUT2D eigenvalue weighted by atomic mass is 16.1. The fourth-order valence-electron chi connectivity index (χ4n) is 3.66. The molecule has 2 heterocycles. The summed E-state index contributed by atoms with van der Waals surface area (Å²) in [5.74, 6) is 0.935. The fraction of sp³-hybridized carbons (Fsp3) is 0.261. The lowest BCUT2D eigenvalue weighted by molar-refractivity contribution is 0.0951. The molecule has 1 saturated carbocycles. The number of nitrogens with one attached hydrogen (secondary N) is 1. The van der Waals surface area contributed by atoms with Gasteiger partial charge in [0.2, 0.25) is 0 Å². The number of amides is 1. The number of hydrogen-bond donors (Lipinski definition) is 1. The van der Waals surface area contributed by atoms with Crippen LogP contribution in [0, 0.1) is 6.92 Å². The molecule has 1 aliphatic rings. The van der Waals surface area contributed by atoms with E-state index < -0.39 is 0 Å². The molecular formula is C23H23N5O. The Hall–Kier alpha value is -3.41. The van der Waals surface area contributed by atoms with Crippen molar-refractivity contribution in [1.82, 2.24) is 19.9 Å². The van der Waals surface area contributed by atoms with Crippen LogP contribution >= 0.6 is 0 Å². The minimum atomic E-state index is 0.0154. The highest BCUT2D eigenvalue weighted by Crippen LogP contribution is 2.27. The number of para-hydroxylation sites is 1. The molecule has 1 fully saturated rings. The first kappa shape index (κ1) is 17.7. The van der Waals surface area contributed by atoms with Crippen LogP contribution in [0.2, 0.25) is 0 Å². The first-order valence-corrected chi connectivity index (χ1v) is 9.94. The van der Waals surface area contributed by atoms with Crippen molar-refractivity contribution < 1.29 is 4.79 Å². The number of benzene rings is 2. The van der Waals surface area contributed by atoms with Gasteiger partial charge in [-0.05, 0) is 49.6 Å². The standard InChI is InChI=1S/C23H23N5O/c1-15-13-21-25-22(19-5-3-4-6-20(19)28(21)26-15)27(2)14-16-7-9-17(10-8-16)23(29)24-18-11-12-18/h3-10,13,18H,11-12,14H2,1-2H3,(H,24,29). The molecular weight excluding hydrogens is 362 g/mol. The van der Waals surface area contributed by atoms with E-state index in [9.17, 15) is 4.79 Å². The van der Waals surface area contributed by atoms with Gasteiger partial charge in [-0.3, -0.25) is 4.79 Å². The molecule has 1 amide bonds. The van der Waals surface area contributed by atoms with Gasteiger partial charge in [-0.25, -0.2) is 9.50 Å². The summed E-state index contributed by atoms with van der Waals surface area (Å²) in [6.45, 7) is 2.68. The third-order valence-electron chi connectivity index (χ3n) is 5.32. The molecule has 0 saturated heterocycles. The Labute approximate surface area is 169 Å². The Kier molecular flexibility index (Phi) is 4.19. The highest BCUT2D eigenvalue weighted by Gasteiger charge is 2.23. The van der Waals surface area contributed by atoms with E-state index in [4.69, 9.17) is 4.98 Å². The molecule has 0 bridgehead atoms. The number of hydrogen-bond acceptors (Lipinski definition) is 4. The summed E-state index contributed by atoms with van der Waals surface area (Å²) >= 11 is 0. The Bertz CT molecular complexity index is 1210. The number of carbonyl (C=O) groups excluding carboxylic acids is 1. The number of aromatic nitrogens is 3. The molecule has 6 heteroatoms. The van der Waals surface area contributed by atoms with Crippen LogP contribution in [0.1, 0.15) is 34.5 Å². The van der Waals surface area contributed by atoms with Crippen molar-refractivity contribution in [3.63, 3.8) is 0 Å². The number of rotatable bonds is 5. The quantitative estimate of drug-likeness (QED) is 0.569. The lowest BCUT2D eigenvalue weighted by atomic mass is 10.1. The number of carbonyl (C=O) groups is 1. The van der Waals surface area contributed by atoms with E-state index in [0.29, 0.717) is 18.2 Å². The van der Waals surface area contributed by atoms with Gasteiger partial charge in [0.05, 0.1) is 11.2 Å². The predicted molar refractivity (Wildman–Crippen MR) is 114 cm³/mol. The lowest BCUT2D eigenvalue weighted by Crippen LogP contribution is -2.25. The maximum atomic E-state index is 12.2. The second-order valence-electron chi connectivity index (χ2n) is 7.81. The zero-order valence-corrected chi connectivity index (χ0v) is 16.6. The van der Waals surface area contributed by atoms with Crippen LogP contribution in [0.3, 0.4) is 0 Å². The molecule has 1 aliphatic carbocycles. The summed E-state index contributed by atoms with van der Waals surface area (Å²) < 4.78 is 1.90. The Balaban J connectivity index is 1.43.